The van der Waals surface area contributed by atoms with E-state index in [-0.39, 0.29) is 30.1 Å². The first-order valence-electron chi connectivity index (χ1n) is 8.94. The Balaban J connectivity index is 0.00000280. The number of nitrogens with one attached hydrogen (secondary N) is 2. The summed E-state index contributed by atoms with van der Waals surface area (Å²) in [6, 6.07) is 4.88. The Morgan fingerprint density at radius 1 is 1.07 bits per heavy atom. The van der Waals surface area contributed by atoms with Gasteiger partial charge in [-0.2, -0.15) is 4.98 Å². The third-order valence-electron chi connectivity index (χ3n) is 4.62. The molecule has 1 aromatic heterocycles. The average Bonchev–Trinajstić information content (AvgIpc) is 2.63. The van der Waals surface area contributed by atoms with Gasteiger partial charge in [-0.1, -0.05) is 0 Å². The number of carbonyl (C=O) groups excluding carboxylic acids is 1. The van der Waals surface area contributed by atoms with Crippen LogP contribution in [0.2, 0.25) is 0 Å². The van der Waals surface area contributed by atoms with Gasteiger partial charge in [0.2, 0.25) is 5.95 Å². The third-order valence-corrected chi connectivity index (χ3v) is 4.62. The number of hydrogen-bond acceptors (Lipinski definition) is 5. The van der Waals surface area contributed by atoms with Gasteiger partial charge < -0.3 is 15.5 Å². The first kappa shape index (κ1) is 21.8. The van der Waals surface area contributed by atoms with E-state index in [1.54, 1.807) is 6.20 Å². The molecule has 9 heteroatoms. The molecule has 152 valence electrons. The first-order chi connectivity index (χ1) is 12.9. The number of amides is 1. The molecule has 1 aliphatic rings. The van der Waals surface area contributed by atoms with Crippen LogP contribution in [0.1, 0.15) is 36.0 Å². The lowest BCUT2D eigenvalue weighted by molar-refractivity contribution is 0.0925. The minimum Gasteiger partial charge on any atom is -0.363 e. The second kappa shape index (κ2) is 9.64. The summed E-state index contributed by atoms with van der Waals surface area (Å²) in [5.74, 6) is -0.549. The molecule has 0 atom stereocenters. The summed E-state index contributed by atoms with van der Waals surface area (Å²) in [6.07, 6.45) is 4.95. The van der Waals surface area contributed by atoms with Crippen molar-refractivity contribution in [2.75, 3.05) is 24.3 Å². The van der Waals surface area contributed by atoms with Crippen molar-refractivity contribution >= 4 is 30.1 Å². The van der Waals surface area contributed by atoms with Crippen molar-refractivity contribution in [3.8, 4) is 0 Å². The monoisotopic (exact) mass is 411 g/mol. The standard InChI is InChI=1S/C19H23F2N5O.ClH/c1-26(2)17-7-8-22-19(25-17)24-16-5-3-15(4-6-16)23-18(27)12-9-13(20)11-14(21)10-12;/h7-11,15-16H,3-6H2,1-2H3,(H,23,27)(H,22,24,25);1H/t15-,16+;. The quantitative estimate of drug-likeness (QED) is 0.789. The molecule has 1 aliphatic carbocycles. The molecule has 0 radical (unpaired) electrons. The molecular weight excluding hydrogens is 388 g/mol. The van der Waals surface area contributed by atoms with E-state index in [1.807, 2.05) is 25.1 Å². The fourth-order valence-corrected chi connectivity index (χ4v) is 3.19. The van der Waals surface area contributed by atoms with Crippen LogP contribution in [0.15, 0.2) is 30.5 Å². The van der Waals surface area contributed by atoms with E-state index in [0.29, 0.717) is 5.95 Å². The van der Waals surface area contributed by atoms with E-state index in [9.17, 15) is 13.6 Å². The van der Waals surface area contributed by atoms with E-state index < -0.39 is 17.5 Å². The van der Waals surface area contributed by atoms with Gasteiger partial charge in [0.25, 0.3) is 5.91 Å². The molecule has 0 unspecified atom stereocenters. The molecular formula is C19H24ClF2N5O. The zero-order chi connectivity index (χ0) is 19.4. The van der Waals surface area contributed by atoms with Crippen molar-refractivity contribution in [1.82, 2.24) is 15.3 Å². The normalized spacial score (nSPS) is 18.7. The average molecular weight is 412 g/mol. The zero-order valence-corrected chi connectivity index (χ0v) is 16.6. The van der Waals surface area contributed by atoms with Crippen molar-refractivity contribution in [2.45, 2.75) is 37.8 Å². The third kappa shape index (κ3) is 5.76. The predicted molar refractivity (Wildman–Crippen MR) is 107 cm³/mol. The lowest BCUT2D eigenvalue weighted by Crippen LogP contribution is -2.40. The fourth-order valence-electron chi connectivity index (χ4n) is 3.19. The van der Waals surface area contributed by atoms with Crippen molar-refractivity contribution < 1.29 is 13.6 Å². The van der Waals surface area contributed by atoms with Crippen LogP contribution in [-0.4, -0.2) is 42.1 Å². The van der Waals surface area contributed by atoms with E-state index in [2.05, 4.69) is 20.6 Å². The number of aromatic nitrogens is 2. The molecule has 0 spiro atoms. The van der Waals surface area contributed by atoms with Crippen molar-refractivity contribution in [3.63, 3.8) is 0 Å². The summed E-state index contributed by atoms with van der Waals surface area (Å²) < 4.78 is 26.5. The van der Waals surface area contributed by atoms with E-state index in [1.165, 1.54) is 0 Å². The first-order valence-corrected chi connectivity index (χ1v) is 8.94. The van der Waals surface area contributed by atoms with Gasteiger partial charge in [0.1, 0.15) is 17.5 Å². The molecule has 1 fully saturated rings. The summed E-state index contributed by atoms with van der Waals surface area (Å²) in [7, 11) is 3.84. The summed E-state index contributed by atoms with van der Waals surface area (Å²) in [5.41, 5.74) is 0.00153. The van der Waals surface area contributed by atoms with Gasteiger partial charge in [0.15, 0.2) is 0 Å². The van der Waals surface area contributed by atoms with Gasteiger partial charge in [0.05, 0.1) is 0 Å². The Bertz CT molecular complexity index is 792. The topological polar surface area (TPSA) is 70.2 Å². The molecule has 28 heavy (non-hydrogen) atoms. The second-order valence-corrected chi connectivity index (χ2v) is 6.96. The van der Waals surface area contributed by atoms with Crippen LogP contribution in [0.3, 0.4) is 0 Å². The van der Waals surface area contributed by atoms with E-state index in [0.717, 1.165) is 49.7 Å². The summed E-state index contributed by atoms with van der Waals surface area (Å²) in [5, 5.41) is 6.20. The maximum absolute atomic E-state index is 13.3. The highest BCUT2D eigenvalue weighted by Crippen LogP contribution is 2.22. The number of hydrogen-bond donors (Lipinski definition) is 2. The Morgan fingerprint density at radius 3 is 2.29 bits per heavy atom. The molecule has 0 bridgehead atoms. The van der Waals surface area contributed by atoms with Crippen LogP contribution in [0, 0.1) is 11.6 Å². The lowest BCUT2D eigenvalue weighted by Gasteiger charge is -2.29. The maximum atomic E-state index is 13.3. The lowest BCUT2D eigenvalue weighted by atomic mass is 9.91. The summed E-state index contributed by atoms with van der Waals surface area (Å²) in [6.45, 7) is 0. The number of anilines is 2. The minimum atomic E-state index is -0.756. The molecule has 1 aromatic carbocycles. The molecule has 2 N–H and O–H groups in total. The number of rotatable bonds is 5. The molecule has 1 amide bonds. The fraction of sp³-hybridized carbons (Fsp3) is 0.421. The van der Waals surface area contributed by atoms with Crippen molar-refractivity contribution in [3.05, 3.63) is 47.7 Å². The summed E-state index contributed by atoms with van der Waals surface area (Å²) in [4.78, 5) is 22.8. The largest absolute Gasteiger partial charge is 0.363 e. The van der Waals surface area contributed by atoms with Crippen molar-refractivity contribution in [1.29, 1.82) is 0 Å². The van der Waals surface area contributed by atoms with E-state index >= 15 is 0 Å². The molecule has 2 aromatic rings. The molecule has 3 rings (SSSR count). The molecule has 0 saturated heterocycles. The molecule has 1 saturated carbocycles. The van der Waals surface area contributed by atoms with Crippen LogP contribution in [0.4, 0.5) is 20.5 Å². The number of halogens is 3. The number of nitrogens with zero attached hydrogens (tertiary/aromatic N) is 3. The highest BCUT2D eigenvalue weighted by molar-refractivity contribution is 5.94. The highest BCUT2D eigenvalue weighted by atomic mass is 35.5. The number of benzene rings is 1. The van der Waals surface area contributed by atoms with Gasteiger partial charge in [0, 0.05) is 44.0 Å². The van der Waals surface area contributed by atoms with Crippen LogP contribution < -0.4 is 15.5 Å². The Morgan fingerprint density at radius 2 is 1.68 bits per heavy atom. The van der Waals surface area contributed by atoms with Crippen LogP contribution in [-0.2, 0) is 0 Å². The van der Waals surface area contributed by atoms with Gasteiger partial charge in [-0.15, -0.1) is 12.4 Å². The van der Waals surface area contributed by atoms with Crippen LogP contribution >= 0.6 is 12.4 Å². The van der Waals surface area contributed by atoms with Crippen LogP contribution in [0.25, 0.3) is 0 Å². The minimum absolute atomic E-state index is 0. The van der Waals surface area contributed by atoms with E-state index in [4.69, 9.17) is 0 Å². The Kier molecular flexibility index (Phi) is 7.51. The van der Waals surface area contributed by atoms with Gasteiger partial charge >= 0.3 is 0 Å². The molecule has 6 nitrogen and oxygen atoms in total. The Labute approximate surface area is 169 Å². The van der Waals surface area contributed by atoms with Gasteiger partial charge in [-0.25, -0.2) is 13.8 Å². The maximum Gasteiger partial charge on any atom is 0.251 e. The van der Waals surface area contributed by atoms with Gasteiger partial charge in [-0.3, -0.25) is 4.79 Å². The predicted octanol–water partition coefficient (Wildman–Crippen LogP) is 3.40. The number of carbonyl (C=O) groups is 1. The van der Waals surface area contributed by atoms with Gasteiger partial charge in [-0.05, 0) is 43.9 Å². The molecule has 1 heterocycles. The smallest absolute Gasteiger partial charge is 0.251 e. The molecule has 0 aliphatic heterocycles. The second-order valence-electron chi connectivity index (χ2n) is 6.96. The summed E-state index contributed by atoms with van der Waals surface area (Å²) >= 11 is 0. The SMILES string of the molecule is CN(C)c1ccnc(N[C@H]2CC[C@@H](NC(=O)c3cc(F)cc(F)c3)CC2)n1.Cl. The zero-order valence-electron chi connectivity index (χ0n) is 15.8. The van der Waals surface area contributed by atoms with Crippen LogP contribution in [0.5, 0.6) is 0 Å². The van der Waals surface area contributed by atoms with Crippen molar-refractivity contribution in [2.24, 2.45) is 0 Å². The highest BCUT2D eigenvalue weighted by Gasteiger charge is 2.23. The Hall–Kier alpha value is -2.48.